The lowest BCUT2D eigenvalue weighted by Crippen LogP contribution is -2.51. The Morgan fingerprint density at radius 1 is 1.20 bits per heavy atom. The van der Waals surface area contributed by atoms with Gasteiger partial charge < -0.3 is 20.4 Å². The monoisotopic (exact) mass is 364 g/mol. The largest absolute Gasteiger partial charge is 0.371 e. The van der Waals surface area contributed by atoms with E-state index >= 15 is 0 Å². The van der Waals surface area contributed by atoms with Crippen LogP contribution in [0.5, 0.6) is 0 Å². The van der Waals surface area contributed by atoms with Crippen molar-refractivity contribution in [3.63, 3.8) is 0 Å². The summed E-state index contributed by atoms with van der Waals surface area (Å²) in [6.07, 6.45) is 3.35. The van der Waals surface area contributed by atoms with Gasteiger partial charge in [0.2, 0.25) is 0 Å². The number of rotatable bonds is 5. The number of hydrogen-bond acceptors (Lipinski definition) is 3. The zero-order valence-corrected chi connectivity index (χ0v) is 15.8. The van der Waals surface area contributed by atoms with Crippen molar-refractivity contribution in [1.82, 2.24) is 15.5 Å². The van der Waals surface area contributed by atoms with Crippen LogP contribution in [0.3, 0.4) is 0 Å². The zero-order chi connectivity index (χ0) is 17.6. The number of likely N-dealkylation sites (tertiary alicyclic amines) is 1. The Kier molecular flexibility index (Phi) is 6.43. The molecule has 2 fully saturated rings. The van der Waals surface area contributed by atoms with E-state index in [1.807, 2.05) is 12.1 Å². The summed E-state index contributed by atoms with van der Waals surface area (Å²) in [7, 11) is 0. The fourth-order valence-electron chi connectivity index (χ4n) is 3.82. The molecule has 0 aromatic heterocycles. The van der Waals surface area contributed by atoms with Crippen LogP contribution in [0.25, 0.3) is 0 Å². The van der Waals surface area contributed by atoms with Gasteiger partial charge >= 0.3 is 6.03 Å². The molecule has 0 radical (unpaired) electrons. The van der Waals surface area contributed by atoms with Gasteiger partial charge in [-0.2, -0.15) is 0 Å². The Morgan fingerprint density at radius 2 is 2.00 bits per heavy atom. The highest BCUT2D eigenvalue weighted by molar-refractivity contribution is 6.30. The number of benzene rings is 1. The minimum absolute atomic E-state index is 0.0205. The van der Waals surface area contributed by atoms with Crippen molar-refractivity contribution in [2.75, 3.05) is 44.2 Å². The Bertz CT molecular complexity index is 565. The van der Waals surface area contributed by atoms with Crippen molar-refractivity contribution < 1.29 is 4.79 Å². The average Bonchev–Trinajstić information content (AvgIpc) is 3.10. The van der Waals surface area contributed by atoms with Crippen LogP contribution in [0.2, 0.25) is 5.02 Å². The second kappa shape index (κ2) is 8.77. The molecule has 0 aliphatic carbocycles. The summed E-state index contributed by atoms with van der Waals surface area (Å²) in [4.78, 5) is 16.9. The fraction of sp³-hybridized carbons (Fsp3) is 0.632. The first kappa shape index (κ1) is 18.3. The SMILES string of the molecule is CCN1CCCC(NC(=O)NCC2CCN(c3ccc(Cl)cc3)C2)C1. The predicted octanol–water partition coefficient (Wildman–Crippen LogP) is 2.95. The zero-order valence-electron chi connectivity index (χ0n) is 15.0. The lowest BCUT2D eigenvalue weighted by atomic mass is 10.1. The van der Waals surface area contributed by atoms with Crippen molar-refractivity contribution >= 4 is 23.3 Å². The van der Waals surface area contributed by atoms with Crippen LogP contribution in [-0.2, 0) is 0 Å². The van der Waals surface area contributed by atoms with Crippen LogP contribution in [0.4, 0.5) is 10.5 Å². The van der Waals surface area contributed by atoms with E-state index in [1.54, 1.807) is 0 Å². The molecular weight excluding hydrogens is 336 g/mol. The number of nitrogens with zero attached hydrogens (tertiary/aromatic N) is 2. The molecule has 0 saturated carbocycles. The highest BCUT2D eigenvalue weighted by Gasteiger charge is 2.24. The topological polar surface area (TPSA) is 47.6 Å². The molecule has 2 heterocycles. The summed E-state index contributed by atoms with van der Waals surface area (Å²) in [5, 5.41) is 6.97. The second-order valence-electron chi connectivity index (χ2n) is 7.16. The molecule has 2 N–H and O–H groups in total. The maximum Gasteiger partial charge on any atom is 0.315 e. The van der Waals surface area contributed by atoms with Crippen molar-refractivity contribution in [3.8, 4) is 0 Å². The summed E-state index contributed by atoms with van der Waals surface area (Å²) in [6, 6.07) is 8.25. The molecule has 2 aliphatic rings. The van der Waals surface area contributed by atoms with E-state index in [-0.39, 0.29) is 12.1 Å². The second-order valence-corrected chi connectivity index (χ2v) is 7.60. The molecule has 2 saturated heterocycles. The number of piperidine rings is 1. The Balaban J connectivity index is 1.39. The molecule has 1 aromatic rings. The Morgan fingerprint density at radius 3 is 2.76 bits per heavy atom. The molecule has 6 heteroatoms. The number of anilines is 1. The number of likely N-dealkylation sites (N-methyl/N-ethyl adjacent to an activating group) is 1. The molecule has 138 valence electrons. The van der Waals surface area contributed by atoms with Crippen molar-refractivity contribution in [2.24, 2.45) is 5.92 Å². The van der Waals surface area contributed by atoms with Gasteiger partial charge in [-0.25, -0.2) is 4.79 Å². The lowest BCUT2D eigenvalue weighted by molar-refractivity contribution is 0.192. The van der Waals surface area contributed by atoms with E-state index in [9.17, 15) is 4.79 Å². The first-order valence-corrected chi connectivity index (χ1v) is 9.79. The summed E-state index contributed by atoms with van der Waals surface area (Å²) in [6.45, 7) is 8.10. The van der Waals surface area contributed by atoms with Gasteiger partial charge in [0, 0.05) is 42.9 Å². The smallest absolute Gasteiger partial charge is 0.315 e. The van der Waals surface area contributed by atoms with Crippen LogP contribution >= 0.6 is 11.6 Å². The number of amides is 2. The summed E-state index contributed by atoms with van der Waals surface area (Å²) in [5.74, 6) is 0.500. The predicted molar refractivity (Wildman–Crippen MR) is 103 cm³/mol. The molecule has 0 spiro atoms. The average molecular weight is 365 g/mol. The molecule has 2 unspecified atom stereocenters. The fourth-order valence-corrected chi connectivity index (χ4v) is 3.95. The van der Waals surface area contributed by atoms with Gasteiger partial charge in [0.1, 0.15) is 0 Å². The summed E-state index contributed by atoms with van der Waals surface area (Å²) >= 11 is 5.95. The van der Waals surface area contributed by atoms with Crippen LogP contribution in [0.1, 0.15) is 26.2 Å². The van der Waals surface area contributed by atoms with Gasteiger partial charge in [-0.3, -0.25) is 0 Å². The third-order valence-corrected chi connectivity index (χ3v) is 5.57. The summed E-state index contributed by atoms with van der Waals surface area (Å²) in [5.41, 5.74) is 1.21. The Hall–Kier alpha value is -1.46. The third-order valence-electron chi connectivity index (χ3n) is 5.32. The first-order valence-electron chi connectivity index (χ1n) is 9.41. The molecule has 2 aliphatic heterocycles. The van der Waals surface area contributed by atoms with E-state index in [0.717, 1.165) is 63.6 Å². The third kappa shape index (κ3) is 5.25. The van der Waals surface area contributed by atoms with Gasteiger partial charge in [0.25, 0.3) is 0 Å². The van der Waals surface area contributed by atoms with Gasteiger partial charge in [0.15, 0.2) is 0 Å². The molecule has 25 heavy (non-hydrogen) atoms. The maximum absolute atomic E-state index is 12.2. The lowest BCUT2D eigenvalue weighted by Gasteiger charge is -2.32. The van der Waals surface area contributed by atoms with E-state index in [4.69, 9.17) is 11.6 Å². The van der Waals surface area contributed by atoms with Crippen LogP contribution in [0, 0.1) is 5.92 Å². The quantitative estimate of drug-likeness (QED) is 0.844. The number of carbonyl (C=O) groups excluding carboxylic acids is 1. The molecule has 3 rings (SSSR count). The Labute approximate surface area is 155 Å². The molecule has 5 nitrogen and oxygen atoms in total. The van der Waals surface area contributed by atoms with Gasteiger partial charge in [0.05, 0.1) is 0 Å². The van der Waals surface area contributed by atoms with Gasteiger partial charge in [-0.15, -0.1) is 0 Å². The van der Waals surface area contributed by atoms with E-state index in [0.29, 0.717) is 5.92 Å². The van der Waals surface area contributed by atoms with Crippen molar-refractivity contribution in [1.29, 1.82) is 0 Å². The summed E-state index contributed by atoms with van der Waals surface area (Å²) < 4.78 is 0. The van der Waals surface area contributed by atoms with E-state index < -0.39 is 0 Å². The van der Waals surface area contributed by atoms with Crippen molar-refractivity contribution in [3.05, 3.63) is 29.3 Å². The van der Waals surface area contributed by atoms with E-state index in [1.165, 1.54) is 5.69 Å². The molecule has 1 aromatic carbocycles. The number of nitrogens with one attached hydrogen (secondary N) is 2. The highest BCUT2D eigenvalue weighted by Crippen LogP contribution is 2.24. The van der Waals surface area contributed by atoms with Gasteiger partial charge in [-0.1, -0.05) is 18.5 Å². The number of halogens is 1. The normalized spacial score (nSPS) is 24.3. The molecule has 2 amide bonds. The van der Waals surface area contributed by atoms with Crippen LogP contribution < -0.4 is 15.5 Å². The molecule has 2 atom stereocenters. The van der Waals surface area contributed by atoms with Gasteiger partial charge in [-0.05, 0) is 62.5 Å². The van der Waals surface area contributed by atoms with Crippen molar-refractivity contribution in [2.45, 2.75) is 32.2 Å². The number of urea groups is 1. The van der Waals surface area contributed by atoms with Crippen LogP contribution in [0.15, 0.2) is 24.3 Å². The van der Waals surface area contributed by atoms with Crippen LogP contribution in [-0.4, -0.2) is 56.2 Å². The maximum atomic E-state index is 12.2. The minimum Gasteiger partial charge on any atom is -0.371 e. The standard InChI is InChI=1S/C19H29ClN4O/c1-2-23-10-3-4-17(14-23)22-19(25)21-12-15-9-11-24(13-15)18-7-5-16(20)6-8-18/h5-8,15,17H,2-4,9-14H2,1H3,(H2,21,22,25). The number of carbonyl (C=O) groups is 1. The molecular formula is C19H29ClN4O. The number of hydrogen-bond donors (Lipinski definition) is 2. The highest BCUT2D eigenvalue weighted by atomic mass is 35.5. The van der Waals surface area contributed by atoms with E-state index in [2.05, 4.69) is 39.5 Å². The molecule has 0 bridgehead atoms. The first-order chi connectivity index (χ1) is 12.1. The minimum atomic E-state index is -0.0205.